The van der Waals surface area contributed by atoms with E-state index in [1.54, 1.807) is 0 Å². The molecule has 3 heteroatoms. The van der Waals surface area contributed by atoms with Crippen LogP contribution in [0.1, 0.15) is 46.0 Å². The van der Waals surface area contributed by atoms with E-state index >= 15 is 0 Å². The quantitative estimate of drug-likeness (QED) is 0.833. The highest BCUT2D eigenvalue weighted by molar-refractivity contribution is 4.99. The average molecular weight is 268 g/mol. The number of aliphatic hydroxyl groups is 1. The molecule has 6 unspecified atom stereocenters. The Morgan fingerprint density at radius 3 is 2.47 bits per heavy atom. The Bertz CT molecular complexity index is 298. The van der Waals surface area contributed by atoms with Gasteiger partial charge in [0.2, 0.25) is 0 Å². The minimum atomic E-state index is -0.105. The molecule has 2 aliphatic carbocycles. The van der Waals surface area contributed by atoms with Gasteiger partial charge in [0.15, 0.2) is 6.29 Å². The average Bonchev–Trinajstić information content (AvgIpc) is 3.09. The summed E-state index contributed by atoms with van der Waals surface area (Å²) in [7, 11) is 0. The fourth-order valence-electron chi connectivity index (χ4n) is 4.72. The maximum Gasteiger partial charge on any atom is 0.157 e. The van der Waals surface area contributed by atoms with Crippen LogP contribution >= 0.6 is 0 Å². The van der Waals surface area contributed by atoms with E-state index in [-0.39, 0.29) is 12.4 Å². The lowest BCUT2D eigenvalue weighted by molar-refractivity contribution is -0.0512. The molecule has 19 heavy (non-hydrogen) atoms. The van der Waals surface area contributed by atoms with Crippen molar-refractivity contribution in [3.05, 3.63) is 0 Å². The summed E-state index contributed by atoms with van der Waals surface area (Å²) >= 11 is 0. The normalized spacial score (nSPS) is 44.1. The van der Waals surface area contributed by atoms with Crippen LogP contribution in [-0.4, -0.2) is 30.7 Å². The fourth-order valence-corrected chi connectivity index (χ4v) is 4.72. The summed E-state index contributed by atoms with van der Waals surface area (Å²) < 4.78 is 10.9. The third-order valence-electron chi connectivity index (χ3n) is 6.07. The van der Waals surface area contributed by atoms with Crippen LogP contribution in [0.5, 0.6) is 0 Å². The first-order chi connectivity index (χ1) is 9.16. The molecule has 1 aliphatic heterocycles. The predicted molar refractivity (Wildman–Crippen MR) is 73.6 cm³/mol. The minimum Gasteiger partial charge on any atom is -0.393 e. The first-order valence-electron chi connectivity index (χ1n) is 8.08. The SMILES string of the molecule is CC1C2CC(C(O)CCCC3OCCO3)C(C2)C1C. The number of fused-ring (bicyclic) bond motifs is 2. The first-order valence-corrected chi connectivity index (χ1v) is 8.08. The van der Waals surface area contributed by atoms with E-state index < -0.39 is 0 Å². The summed E-state index contributed by atoms with van der Waals surface area (Å²) in [5.41, 5.74) is 0. The molecule has 3 rings (SSSR count). The van der Waals surface area contributed by atoms with Crippen LogP contribution < -0.4 is 0 Å². The van der Waals surface area contributed by atoms with E-state index in [2.05, 4.69) is 13.8 Å². The predicted octanol–water partition coefficient (Wildman–Crippen LogP) is 2.82. The van der Waals surface area contributed by atoms with Crippen LogP contribution in [0.3, 0.4) is 0 Å². The smallest absolute Gasteiger partial charge is 0.157 e. The number of hydrogen-bond donors (Lipinski definition) is 1. The van der Waals surface area contributed by atoms with Gasteiger partial charge in [0.1, 0.15) is 0 Å². The fraction of sp³-hybridized carbons (Fsp3) is 1.00. The van der Waals surface area contributed by atoms with Crippen molar-refractivity contribution in [2.24, 2.45) is 29.6 Å². The van der Waals surface area contributed by atoms with Crippen molar-refractivity contribution >= 4 is 0 Å². The van der Waals surface area contributed by atoms with Crippen LogP contribution in [0.2, 0.25) is 0 Å². The van der Waals surface area contributed by atoms with E-state index in [0.29, 0.717) is 5.92 Å². The van der Waals surface area contributed by atoms with Gasteiger partial charge in [-0.2, -0.15) is 0 Å². The minimum absolute atomic E-state index is 0.00817. The van der Waals surface area contributed by atoms with Crippen LogP contribution in [0, 0.1) is 29.6 Å². The van der Waals surface area contributed by atoms with Crippen molar-refractivity contribution < 1.29 is 14.6 Å². The van der Waals surface area contributed by atoms with Crippen molar-refractivity contribution in [2.45, 2.75) is 58.3 Å². The van der Waals surface area contributed by atoms with Crippen molar-refractivity contribution in [1.29, 1.82) is 0 Å². The lowest BCUT2D eigenvalue weighted by Crippen LogP contribution is -2.32. The molecule has 110 valence electrons. The molecule has 0 aromatic heterocycles. The van der Waals surface area contributed by atoms with Gasteiger partial charge in [-0.3, -0.25) is 0 Å². The van der Waals surface area contributed by atoms with E-state index in [0.717, 1.165) is 56.1 Å². The molecule has 0 aromatic rings. The number of ether oxygens (including phenoxy) is 2. The molecule has 3 fully saturated rings. The summed E-state index contributed by atoms with van der Waals surface area (Å²) in [6, 6.07) is 0. The molecule has 1 N–H and O–H groups in total. The van der Waals surface area contributed by atoms with Crippen molar-refractivity contribution in [3.8, 4) is 0 Å². The van der Waals surface area contributed by atoms with Crippen molar-refractivity contribution in [1.82, 2.24) is 0 Å². The Kier molecular flexibility index (Phi) is 4.16. The van der Waals surface area contributed by atoms with Gasteiger partial charge < -0.3 is 14.6 Å². The van der Waals surface area contributed by atoms with Gasteiger partial charge in [-0.25, -0.2) is 0 Å². The molecule has 1 heterocycles. The molecule has 0 radical (unpaired) electrons. The Morgan fingerprint density at radius 1 is 1.11 bits per heavy atom. The maximum absolute atomic E-state index is 10.5. The summed E-state index contributed by atoms with van der Waals surface area (Å²) in [6.45, 7) is 6.24. The van der Waals surface area contributed by atoms with Crippen LogP contribution in [0.4, 0.5) is 0 Å². The zero-order chi connectivity index (χ0) is 13.4. The summed E-state index contributed by atoms with van der Waals surface area (Å²) in [5, 5.41) is 10.5. The number of hydrogen-bond acceptors (Lipinski definition) is 3. The van der Waals surface area contributed by atoms with E-state index in [1.165, 1.54) is 12.8 Å². The van der Waals surface area contributed by atoms with E-state index in [4.69, 9.17) is 9.47 Å². The third-order valence-corrected chi connectivity index (χ3v) is 6.07. The first kappa shape index (κ1) is 13.8. The molecule has 1 saturated heterocycles. The molecule has 2 bridgehead atoms. The third kappa shape index (κ3) is 2.70. The van der Waals surface area contributed by atoms with Crippen molar-refractivity contribution in [3.63, 3.8) is 0 Å². The van der Waals surface area contributed by atoms with Crippen LogP contribution in [0.25, 0.3) is 0 Å². The monoisotopic (exact) mass is 268 g/mol. The second kappa shape index (κ2) is 5.71. The molecule has 0 amide bonds. The number of rotatable bonds is 5. The highest BCUT2D eigenvalue weighted by Crippen LogP contribution is 2.56. The highest BCUT2D eigenvalue weighted by Gasteiger charge is 2.50. The number of aliphatic hydroxyl groups excluding tert-OH is 1. The Hall–Kier alpha value is -0.120. The highest BCUT2D eigenvalue weighted by atomic mass is 16.7. The standard InChI is InChI=1S/C16H28O3/c1-10-11(2)13-8-12(10)9-14(13)15(17)4-3-5-16-18-6-7-19-16/h10-17H,3-9H2,1-2H3. The Morgan fingerprint density at radius 2 is 1.84 bits per heavy atom. The van der Waals surface area contributed by atoms with Gasteiger partial charge in [0.25, 0.3) is 0 Å². The van der Waals surface area contributed by atoms with E-state index in [9.17, 15) is 5.11 Å². The topological polar surface area (TPSA) is 38.7 Å². The van der Waals surface area contributed by atoms with Gasteiger partial charge in [0.05, 0.1) is 19.3 Å². The van der Waals surface area contributed by atoms with Gasteiger partial charge in [-0.15, -0.1) is 0 Å². The Labute approximate surface area is 116 Å². The molecule has 3 aliphatic rings. The molecular formula is C16H28O3. The lowest BCUT2D eigenvalue weighted by atomic mass is 9.73. The van der Waals surface area contributed by atoms with Gasteiger partial charge >= 0.3 is 0 Å². The van der Waals surface area contributed by atoms with Crippen LogP contribution in [-0.2, 0) is 9.47 Å². The maximum atomic E-state index is 10.5. The second-order valence-corrected chi connectivity index (χ2v) is 6.95. The molecule has 2 saturated carbocycles. The van der Waals surface area contributed by atoms with Gasteiger partial charge in [0, 0.05) is 0 Å². The molecule has 0 spiro atoms. The van der Waals surface area contributed by atoms with Gasteiger partial charge in [-0.1, -0.05) is 13.8 Å². The molecule has 0 aromatic carbocycles. The molecular weight excluding hydrogens is 240 g/mol. The molecule has 3 nitrogen and oxygen atoms in total. The summed E-state index contributed by atoms with van der Waals surface area (Å²) in [4.78, 5) is 0. The Balaban J connectivity index is 1.42. The molecule has 6 atom stereocenters. The van der Waals surface area contributed by atoms with Gasteiger partial charge in [-0.05, 0) is 61.7 Å². The zero-order valence-electron chi connectivity index (χ0n) is 12.3. The lowest BCUT2D eigenvalue weighted by Gasteiger charge is -2.34. The second-order valence-electron chi connectivity index (χ2n) is 6.95. The van der Waals surface area contributed by atoms with E-state index in [1.807, 2.05) is 0 Å². The van der Waals surface area contributed by atoms with Crippen molar-refractivity contribution in [2.75, 3.05) is 13.2 Å². The summed E-state index contributed by atoms with van der Waals surface area (Å²) in [6.07, 6.45) is 5.37. The largest absolute Gasteiger partial charge is 0.393 e. The zero-order valence-corrected chi connectivity index (χ0v) is 12.3. The van der Waals surface area contributed by atoms with Crippen LogP contribution in [0.15, 0.2) is 0 Å². The summed E-state index contributed by atoms with van der Waals surface area (Å²) in [5.74, 6) is 3.88.